The van der Waals surface area contributed by atoms with Crippen LogP contribution in [0.5, 0.6) is 0 Å². The van der Waals surface area contributed by atoms with Gasteiger partial charge in [-0.1, -0.05) is 17.7 Å². The summed E-state index contributed by atoms with van der Waals surface area (Å²) in [7, 11) is 0. The Bertz CT molecular complexity index is 774. The van der Waals surface area contributed by atoms with E-state index >= 15 is 0 Å². The van der Waals surface area contributed by atoms with Crippen LogP contribution >= 0.6 is 11.6 Å². The number of carbonyl (C=O) groups is 1. The zero-order valence-corrected chi connectivity index (χ0v) is 14.0. The number of ether oxygens (including phenoxy) is 2. The van der Waals surface area contributed by atoms with Gasteiger partial charge in [0.1, 0.15) is 0 Å². The number of benzene rings is 1. The highest BCUT2D eigenvalue weighted by atomic mass is 35.5. The standard InChI is InChI=1S/C18H19ClN2O3/c19-12-1-2-13-14(3-7-20-15(13)11-12)17(22)21-16-4-8-24-18(16)5-9-23-10-6-18/h1-3,7,11,16H,4-6,8-10H2,(H,21,22). The molecule has 0 radical (unpaired) electrons. The van der Waals surface area contributed by atoms with Crippen molar-refractivity contribution in [2.45, 2.75) is 30.9 Å². The van der Waals surface area contributed by atoms with Gasteiger partial charge in [-0.15, -0.1) is 0 Å². The molecule has 1 amide bonds. The molecule has 1 aromatic carbocycles. The molecular weight excluding hydrogens is 328 g/mol. The number of carbonyl (C=O) groups excluding carboxylic acids is 1. The Morgan fingerprint density at radius 3 is 2.92 bits per heavy atom. The van der Waals surface area contributed by atoms with Crippen LogP contribution in [0.4, 0.5) is 0 Å². The van der Waals surface area contributed by atoms with Gasteiger partial charge in [-0.3, -0.25) is 9.78 Å². The van der Waals surface area contributed by atoms with Gasteiger partial charge in [-0.25, -0.2) is 0 Å². The predicted octanol–water partition coefficient (Wildman–Crippen LogP) is 2.96. The molecule has 5 nitrogen and oxygen atoms in total. The smallest absolute Gasteiger partial charge is 0.252 e. The normalized spacial score (nSPS) is 22.8. The Morgan fingerprint density at radius 2 is 2.08 bits per heavy atom. The summed E-state index contributed by atoms with van der Waals surface area (Å²) in [5.74, 6) is -0.0916. The molecular formula is C18H19ClN2O3. The number of nitrogens with one attached hydrogen (secondary N) is 1. The predicted molar refractivity (Wildman–Crippen MR) is 91.4 cm³/mol. The topological polar surface area (TPSA) is 60.5 Å². The molecule has 1 N–H and O–H groups in total. The Labute approximate surface area is 145 Å². The molecule has 2 aromatic rings. The number of rotatable bonds is 2. The molecule has 2 saturated heterocycles. The number of fused-ring (bicyclic) bond motifs is 1. The second-order valence-electron chi connectivity index (χ2n) is 6.36. The third-order valence-electron chi connectivity index (χ3n) is 5.02. The van der Waals surface area contributed by atoms with Crippen LogP contribution in [0.1, 0.15) is 29.6 Å². The molecule has 0 aliphatic carbocycles. The second-order valence-corrected chi connectivity index (χ2v) is 6.80. The highest BCUT2D eigenvalue weighted by Gasteiger charge is 2.46. The number of nitrogens with zero attached hydrogens (tertiary/aromatic N) is 1. The van der Waals surface area contributed by atoms with E-state index in [1.165, 1.54) is 0 Å². The maximum absolute atomic E-state index is 12.9. The first-order chi connectivity index (χ1) is 11.7. The monoisotopic (exact) mass is 346 g/mol. The largest absolute Gasteiger partial charge is 0.381 e. The van der Waals surface area contributed by atoms with Crippen LogP contribution in [0, 0.1) is 0 Å². The van der Waals surface area contributed by atoms with Crippen LogP contribution in [0.15, 0.2) is 30.5 Å². The summed E-state index contributed by atoms with van der Waals surface area (Å²) in [6.45, 7) is 2.05. The first-order valence-electron chi connectivity index (χ1n) is 8.25. The van der Waals surface area contributed by atoms with E-state index in [4.69, 9.17) is 21.1 Å². The molecule has 1 unspecified atom stereocenters. The third-order valence-corrected chi connectivity index (χ3v) is 5.26. The van der Waals surface area contributed by atoms with Gasteiger partial charge in [-0.05, 0) is 24.6 Å². The molecule has 1 aromatic heterocycles. The van der Waals surface area contributed by atoms with Crippen molar-refractivity contribution in [1.82, 2.24) is 10.3 Å². The van der Waals surface area contributed by atoms with E-state index < -0.39 is 0 Å². The summed E-state index contributed by atoms with van der Waals surface area (Å²) in [6.07, 6.45) is 4.12. The number of aromatic nitrogens is 1. The third kappa shape index (κ3) is 2.77. The van der Waals surface area contributed by atoms with Gasteiger partial charge in [0.25, 0.3) is 5.91 Å². The van der Waals surface area contributed by atoms with Gasteiger partial charge in [-0.2, -0.15) is 0 Å². The SMILES string of the molecule is O=C(NC1CCOC12CCOCC2)c1ccnc2cc(Cl)ccc12. The molecule has 1 atom stereocenters. The van der Waals surface area contributed by atoms with Crippen LogP contribution in [0.3, 0.4) is 0 Å². The van der Waals surface area contributed by atoms with Crippen LogP contribution in [-0.2, 0) is 9.47 Å². The average Bonchev–Trinajstić information content (AvgIpc) is 2.96. The van der Waals surface area contributed by atoms with Crippen molar-refractivity contribution in [2.24, 2.45) is 0 Å². The van der Waals surface area contributed by atoms with E-state index in [0.717, 1.165) is 30.2 Å². The van der Waals surface area contributed by atoms with Crippen molar-refractivity contribution in [3.63, 3.8) is 0 Å². The van der Waals surface area contributed by atoms with Crippen molar-refractivity contribution < 1.29 is 14.3 Å². The Kier molecular flexibility index (Phi) is 4.16. The number of halogens is 1. The summed E-state index contributed by atoms with van der Waals surface area (Å²) in [5, 5.41) is 4.60. The maximum atomic E-state index is 12.9. The van der Waals surface area contributed by atoms with Gasteiger partial charge in [0.05, 0.1) is 22.7 Å². The Balaban J connectivity index is 1.60. The molecule has 3 heterocycles. The van der Waals surface area contributed by atoms with Gasteiger partial charge >= 0.3 is 0 Å². The molecule has 4 rings (SSSR count). The minimum absolute atomic E-state index is 0.0180. The van der Waals surface area contributed by atoms with Gasteiger partial charge in [0.15, 0.2) is 0 Å². The van der Waals surface area contributed by atoms with Crippen molar-refractivity contribution in [1.29, 1.82) is 0 Å². The van der Waals surface area contributed by atoms with Crippen LogP contribution in [0.2, 0.25) is 5.02 Å². The lowest BCUT2D eigenvalue weighted by Crippen LogP contribution is -2.52. The molecule has 2 aliphatic rings. The summed E-state index contributed by atoms with van der Waals surface area (Å²) in [5.41, 5.74) is 1.06. The van der Waals surface area contributed by atoms with Crippen LogP contribution in [0.25, 0.3) is 10.9 Å². The van der Waals surface area contributed by atoms with Crippen molar-refractivity contribution in [3.05, 3.63) is 41.0 Å². The lowest BCUT2D eigenvalue weighted by Gasteiger charge is -2.37. The Hall–Kier alpha value is -1.69. The lowest BCUT2D eigenvalue weighted by atomic mass is 9.86. The Morgan fingerprint density at radius 1 is 1.25 bits per heavy atom. The van der Waals surface area contributed by atoms with Gasteiger partial charge in [0.2, 0.25) is 0 Å². The number of amides is 1. The number of pyridine rings is 1. The summed E-state index contributed by atoms with van der Waals surface area (Å²) >= 11 is 6.02. The van der Waals surface area contributed by atoms with Crippen molar-refractivity contribution >= 4 is 28.4 Å². The molecule has 126 valence electrons. The lowest BCUT2D eigenvalue weighted by molar-refractivity contribution is -0.0872. The van der Waals surface area contributed by atoms with Crippen molar-refractivity contribution in [2.75, 3.05) is 19.8 Å². The molecule has 24 heavy (non-hydrogen) atoms. The molecule has 2 aliphatic heterocycles. The molecule has 0 saturated carbocycles. The quantitative estimate of drug-likeness (QED) is 0.908. The molecule has 1 spiro atoms. The summed E-state index contributed by atoms with van der Waals surface area (Å²) in [4.78, 5) is 17.2. The minimum atomic E-state index is -0.278. The molecule has 2 fully saturated rings. The van der Waals surface area contributed by atoms with Crippen LogP contribution in [-0.4, -0.2) is 42.4 Å². The van der Waals surface area contributed by atoms with E-state index in [1.54, 1.807) is 24.4 Å². The van der Waals surface area contributed by atoms with E-state index in [-0.39, 0.29) is 17.6 Å². The first kappa shape index (κ1) is 15.8. The summed E-state index contributed by atoms with van der Waals surface area (Å²) in [6, 6.07) is 7.16. The highest BCUT2D eigenvalue weighted by Crippen LogP contribution is 2.35. The van der Waals surface area contributed by atoms with Crippen molar-refractivity contribution in [3.8, 4) is 0 Å². The molecule has 0 bridgehead atoms. The zero-order chi connectivity index (χ0) is 16.6. The van der Waals surface area contributed by atoms with Crippen LogP contribution < -0.4 is 5.32 Å². The van der Waals surface area contributed by atoms with E-state index in [1.807, 2.05) is 6.07 Å². The fraction of sp³-hybridized carbons (Fsp3) is 0.444. The zero-order valence-electron chi connectivity index (χ0n) is 13.3. The minimum Gasteiger partial charge on any atom is -0.381 e. The van der Waals surface area contributed by atoms with E-state index in [2.05, 4.69) is 10.3 Å². The fourth-order valence-corrected chi connectivity index (χ4v) is 3.88. The summed E-state index contributed by atoms with van der Waals surface area (Å²) < 4.78 is 11.5. The first-order valence-corrected chi connectivity index (χ1v) is 8.63. The maximum Gasteiger partial charge on any atom is 0.252 e. The highest BCUT2D eigenvalue weighted by molar-refractivity contribution is 6.31. The van der Waals surface area contributed by atoms with E-state index in [9.17, 15) is 4.79 Å². The fourth-order valence-electron chi connectivity index (χ4n) is 3.71. The van der Waals surface area contributed by atoms with Gasteiger partial charge < -0.3 is 14.8 Å². The van der Waals surface area contributed by atoms with E-state index in [0.29, 0.717) is 30.4 Å². The number of hydrogen-bond acceptors (Lipinski definition) is 4. The number of hydrogen-bond donors (Lipinski definition) is 1. The average molecular weight is 347 g/mol. The molecule has 6 heteroatoms. The second kappa shape index (κ2) is 6.31. The van der Waals surface area contributed by atoms with Gasteiger partial charge in [0, 0.05) is 49.3 Å².